The zero-order valence-electron chi connectivity index (χ0n) is 12.8. The highest BCUT2D eigenvalue weighted by Crippen LogP contribution is 2.26. The Labute approximate surface area is 138 Å². The first-order valence-electron chi connectivity index (χ1n) is 6.91. The molecule has 0 spiro atoms. The molecule has 0 aliphatic carbocycles. The van der Waals surface area contributed by atoms with E-state index in [1.807, 2.05) is 0 Å². The van der Waals surface area contributed by atoms with E-state index in [2.05, 4.69) is 41.4 Å². The summed E-state index contributed by atoms with van der Waals surface area (Å²) in [6.45, 7) is 7.11. The minimum absolute atomic E-state index is 0.0752. The normalized spacial score (nSPS) is 11.5. The molecular weight excluding hydrogens is 320 g/mol. The summed E-state index contributed by atoms with van der Waals surface area (Å²) in [5, 5.41) is 6.73. The van der Waals surface area contributed by atoms with Crippen LogP contribution in [0.1, 0.15) is 41.8 Å². The van der Waals surface area contributed by atoms with Gasteiger partial charge in [-0.3, -0.25) is 4.79 Å². The number of nitrogens with one attached hydrogen (secondary N) is 1. The Hall–Kier alpha value is -1.66. The van der Waals surface area contributed by atoms with E-state index in [0.29, 0.717) is 22.9 Å². The lowest BCUT2D eigenvalue weighted by atomic mass is 9.98. The van der Waals surface area contributed by atoms with Gasteiger partial charge in [0, 0.05) is 30.0 Å². The lowest BCUT2D eigenvalue weighted by Gasteiger charge is -2.13. The summed E-state index contributed by atoms with van der Waals surface area (Å²) in [5.74, 6) is -0.00364. The van der Waals surface area contributed by atoms with Gasteiger partial charge in [0.25, 0.3) is 0 Å². The van der Waals surface area contributed by atoms with Crippen LogP contribution in [0.3, 0.4) is 0 Å². The smallest absolute Gasteiger partial charge is 0.250 e. The average molecular weight is 339 g/mol. The van der Waals surface area contributed by atoms with E-state index in [1.54, 1.807) is 11.3 Å². The van der Waals surface area contributed by atoms with Crippen LogP contribution in [0.25, 0.3) is 0 Å². The Balaban J connectivity index is 1.94. The molecule has 22 heavy (non-hydrogen) atoms. The van der Waals surface area contributed by atoms with Crippen molar-refractivity contribution in [3.63, 3.8) is 0 Å². The maximum absolute atomic E-state index is 11.0. The number of carbonyl (C=O) groups excluding carboxylic acids is 1. The van der Waals surface area contributed by atoms with Crippen LogP contribution in [-0.4, -0.2) is 22.4 Å². The molecule has 0 radical (unpaired) electrons. The highest BCUT2D eigenvalue weighted by molar-refractivity contribution is 7.09. The number of hydrogen-bond acceptors (Lipinski definition) is 5. The summed E-state index contributed by atoms with van der Waals surface area (Å²) in [6, 6.07) is 1.51. The van der Waals surface area contributed by atoms with Crippen LogP contribution in [0, 0.1) is 0 Å². The van der Waals surface area contributed by atoms with Gasteiger partial charge in [-0.1, -0.05) is 32.4 Å². The van der Waals surface area contributed by atoms with Crippen molar-refractivity contribution in [2.45, 2.75) is 32.6 Å². The molecule has 0 unspecified atom stereocenters. The molecule has 2 aromatic heterocycles. The molecule has 3 N–H and O–H groups in total. The highest BCUT2D eigenvalue weighted by Gasteiger charge is 2.17. The molecular formula is C15H19ClN4OS. The number of rotatable bonds is 5. The van der Waals surface area contributed by atoms with E-state index in [0.717, 1.165) is 17.1 Å². The zero-order valence-corrected chi connectivity index (χ0v) is 14.4. The molecule has 0 saturated carbocycles. The summed E-state index contributed by atoms with van der Waals surface area (Å²) >= 11 is 7.75. The molecule has 2 aromatic rings. The van der Waals surface area contributed by atoms with E-state index < -0.39 is 5.91 Å². The first kappa shape index (κ1) is 16.7. The van der Waals surface area contributed by atoms with Crippen LogP contribution >= 0.6 is 22.9 Å². The SMILES string of the molecule is CC(C)(C)c1nc(CCNc2ncc(C(N)=O)cc2Cl)cs1. The maximum Gasteiger partial charge on any atom is 0.250 e. The van der Waals surface area contributed by atoms with Crippen molar-refractivity contribution in [3.8, 4) is 0 Å². The Morgan fingerprint density at radius 3 is 2.73 bits per heavy atom. The largest absolute Gasteiger partial charge is 0.368 e. The Kier molecular flexibility index (Phi) is 5.03. The number of amides is 1. The van der Waals surface area contributed by atoms with Gasteiger partial charge < -0.3 is 11.1 Å². The molecule has 0 bridgehead atoms. The number of thiazole rings is 1. The number of halogens is 1. The van der Waals surface area contributed by atoms with Crippen LogP contribution in [0.15, 0.2) is 17.6 Å². The van der Waals surface area contributed by atoms with Crippen LogP contribution in [0.4, 0.5) is 5.82 Å². The van der Waals surface area contributed by atoms with E-state index in [1.165, 1.54) is 12.3 Å². The Bertz CT molecular complexity index is 678. The summed E-state index contributed by atoms with van der Waals surface area (Å²) in [5.41, 5.74) is 6.60. The third-order valence-corrected chi connectivity index (χ3v) is 4.60. The lowest BCUT2D eigenvalue weighted by molar-refractivity contribution is 0.1000. The molecule has 0 fully saturated rings. The molecule has 0 atom stereocenters. The molecule has 2 heterocycles. The van der Waals surface area contributed by atoms with Crippen molar-refractivity contribution < 1.29 is 4.79 Å². The number of carbonyl (C=O) groups is 1. The van der Waals surface area contributed by atoms with Gasteiger partial charge in [-0.05, 0) is 6.07 Å². The molecule has 5 nitrogen and oxygen atoms in total. The van der Waals surface area contributed by atoms with Crippen molar-refractivity contribution in [2.75, 3.05) is 11.9 Å². The lowest BCUT2D eigenvalue weighted by Crippen LogP contribution is -2.13. The van der Waals surface area contributed by atoms with Gasteiger partial charge >= 0.3 is 0 Å². The third-order valence-electron chi connectivity index (χ3n) is 2.99. The topological polar surface area (TPSA) is 80.9 Å². The molecule has 7 heteroatoms. The first-order chi connectivity index (χ1) is 10.3. The first-order valence-corrected chi connectivity index (χ1v) is 8.17. The summed E-state index contributed by atoms with van der Waals surface area (Å²) < 4.78 is 0. The van der Waals surface area contributed by atoms with Gasteiger partial charge in [0.05, 0.1) is 21.3 Å². The van der Waals surface area contributed by atoms with Crippen molar-refractivity contribution in [2.24, 2.45) is 5.73 Å². The second-order valence-electron chi connectivity index (χ2n) is 5.99. The fourth-order valence-electron chi connectivity index (χ4n) is 1.78. The Morgan fingerprint density at radius 1 is 1.45 bits per heavy atom. The minimum Gasteiger partial charge on any atom is -0.368 e. The number of nitrogens with zero attached hydrogens (tertiary/aromatic N) is 2. The zero-order chi connectivity index (χ0) is 16.3. The predicted octanol–water partition coefficient (Wildman–Crippen LogP) is 3.24. The van der Waals surface area contributed by atoms with E-state index in [9.17, 15) is 4.79 Å². The second-order valence-corrected chi connectivity index (χ2v) is 7.25. The quantitative estimate of drug-likeness (QED) is 0.876. The molecule has 0 saturated heterocycles. The fourth-order valence-corrected chi connectivity index (χ4v) is 2.95. The van der Waals surface area contributed by atoms with Gasteiger partial charge in [0.2, 0.25) is 5.91 Å². The molecule has 0 aromatic carbocycles. The summed E-state index contributed by atoms with van der Waals surface area (Å²) in [7, 11) is 0. The fraction of sp³-hybridized carbons (Fsp3) is 0.400. The van der Waals surface area contributed by atoms with Crippen molar-refractivity contribution in [1.29, 1.82) is 0 Å². The van der Waals surface area contributed by atoms with Crippen LogP contribution in [0.2, 0.25) is 5.02 Å². The average Bonchev–Trinajstić information content (AvgIpc) is 2.89. The molecule has 0 aliphatic heterocycles. The summed E-state index contributed by atoms with van der Waals surface area (Å²) in [4.78, 5) is 19.8. The number of pyridine rings is 1. The maximum atomic E-state index is 11.0. The van der Waals surface area contributed by atoms with Crippen LogP contribution in [-0.2, 0) is 11.8 Å². The summed E-state index contributed by atoms with van der Waals surface area (Å²) in [6.07, 6.45) is 2.19. The van der Waals surface area contributed by atoms with Gasteiger partial charge in [-0.15, -0.1) is 11.3 Å². The minimum atomic E-state index is -0.543. The third kappa shape index (κ3) is 4.18. The van der Waals surface area contributed by atoms with Crippen molar-refractivity contribution in [1.82, 2.24) is 9.97 Å². The molecule has 1 amide bonds. The van der Waals surface area contributed by atoms with Crippen LogP contribution in [0.5, 0.6) is 0 Å². The van der Waals surface area contributed by atoms with Gasteiger partial charge in [-0.2, -0.15) is 0 Å². The van der Waals surface area contributed by atoms with E-state index in [4.69, 9.17) is 17.3 Å². The predicted molar refractivity (Wildman–Crippen MR) is 90.8 cm³/mol. The highest BCUT2D eigenvalue weighted by atomic mass is 35.5. The molecule has 118 valence electrons. The number of aromatic nitrogens is 2. The second kappa shape index (κ2) is 6.62. The standard InChI is InChI=1S/C15H19ClN4OS/c1-15(2,3)14-20-10(8-22-14)4-5-18-13-11(16)6-9(7-19-13)12(17)21/h6-8H,4-5H2,1-3H3,(H2,17,21)(H,18,19). The van der Waals surface area contributed by atoms with Crippen molar-refractivity contribution >= 4 is 34.7 Å². The monoisotopic (exact) mass is 338 g/mol. The molecule has 0 aliphatic rings. The number of hydrogen-bond donors (Lipinski definition) is 2. The van der Waals surface area contributed by atoms with E-state index in [-0.39, 0.29) is 5.41 Å². The number of anilines is 1. The van der Waals surface area contributed by atoms with Crippen molar-refractivity contribution in [3.05, 3.63) is 38.9 Å². The molecule has 2 rings (SSSR count). The van der Waals surface area contributed by atoms with Gasteiger partial charge in [0.15, 0.2) is 0 Å². The Morgan fingerprint density at radius 2 is 2.18 bits per heavy atom. The van der Waals surface area contributed by atoms with E-state index >= 15 is 0 Å². The van der Waals surface area contributed by atoms with Crippen LogP contribution < -0.4 is 11.1 Å². The number of primary amides is 1. The van der Waals surface area contributed by atoms with Gasteiger partial charge in [0.1, 0.15) is 5.82 Å². The van der Waals surface area contributed by atoms with Gasteiger partial charge in [-0.25, -0.2) is 9.97 Å². The number of nitrogens with two attached hydrogens (primary N) is 1.